The predicted molar refractivity (Wildman–Crippen MR) is 79.0 cm³/mol. The summed E-state index contributed by atoms with van der Waals surface area (Å²) < 4.78 is 0.708. The first-order chi connectivity index (χ1) is 8.99. The molecule has 1 atom stereocenters. The summed E-state index contributed by atoms with van der Waals surface area (Å²) in [5, 5.41) is 0.430. The number of nitrogens with zero attached hydrogens (tertiary/aromatic N) is 4. The van der Waals surface area contributed by atoms with Crippen molar-refractivity contribution in [1.29, 1.82) is 0 Å². The standard InChI is InChI=1S/C12H14BrClN4O/c1-16-3-4-18-9(6-16)12(19)17(2)8-5-7(13)10(14)15-11(8)18/h5,9H,3-4,6H2,1-2H3/t9-/m0/s1. The zero-order chi connectivity index (χ0) is 13.7. The number of hydrogen-bond donors (Lipinski definition) is 0. The molecule has 1 aromatic heterocycles. The lowest BCUT2D eigenvalue weighted by molar-refractivity contribution is -0.120. The van der Waals surface area contributed by atoms with Crippen molar-refractivity contribution < 1.29 is 4.79 Å². The minimum atomic E-state index is -0.166. The van der Waals surface area contributed by atoms with Gasteiger partial charge < -0.3 is 14.7 Å². The van der Waals surface area contributed by atoms with E-state index in [4.69, 9.17) is 11.6 Å². The van der Waals surface area contributed by atoms with Crippen LogP contribution in [0.3, 0.4) is 0 Å². The number of likely N-dealkylation sites (N-methyl/N-ethyl adjacent to an activating group) is 2. The van der Waals surface area contributed by atoms with E-state index in [0.717, 1.165) is 31.1 Å². The molecule has 0 N–H and O–H groups in total. The van der Waals surface area contributed by atoms with E-state index in [1.54, 1.807) is 11.9 Å². The number of aromatic nitrogens is 1. The number of carbonyl (C=O) groups is 1. The second-order valence-electron chi connectivity index (χ2n) is 4.97. The fourth-order valence-corrected chi connectivity index (χ4v) is 3.07. The van der Waals surface area contributed by atoms with Crippen molar-refractivity contribution in [2.24, 2.45) is 0 Å². The van der Waals surface area contributed by atoms with Crippen LogP contribution in [0.15, 0.2) is 10.5 Å². The molecule has 0 bridgehead atoms. The number of fused-ring (bicyclic) bond motifs is 3. The molecule has 3 rings (SSSR count). The van der Waals surface area contributed by atoms with Gasteiger partial charge in [0.05, 0.1) is 10.2 Å². The molecule has 1 saturated heterocycles. The largest absolute Gasteiger partial charge is 0.340 e. The Labute approximate surface area is 125 Å². The van der Waals surface area contributed by atoms with Gasteiger partial charge in [-0.25, -0.2) is 4.98 Å². The molecule has 3 heterocycles. The molecule has 2 aliphatic rings. The number of hydrogen-bond acceptors (Lipinski definition) is 4. The van der Waals surface area contributed by atoms with E-state index in [0.29, 0.717) is 9.63 Å². The number of amides is 1. The Bertz CT molecular complexity index is 553. The Kier molecular flexibility index (Phi) is 3.19. The highest BCUT2D eigenvalue weighted by Crippen LogP contribution is 2.38. The Morgan fingerprint density at radius 1 is 1.42 bits per heavy atom. The number of piperazine rings is 1. The van der Waals surface area contributed by atoms with Crippen LogP contribution in [-0.4, -0.2) is 55.6 Å². The fourth-order valence-electron chi connectivity index (χ4n) is 2.63. The minimum absolute atomic E-state index is 0.107. The van der Waals surface area contributed by atoms with Crippen LogP contribution in [0.1, 0.15) is 0 Å². The first-order valence-electron chi connectivity index (χ1n) is 6.08. The number of pyridine rings is 1. The van der Waals surface area contributed by atoms with Crippen LogP contribution in [0.4, 0.5) is 11.5 Å². The summed E-state index contributed by atoms with van der Waals surface area (Å²) in [5.74, 6) is 0.906. The lowest BCUT2D eigenvalue weighted by Crippen LogP contribution is -2.61. The summed E-state index contributed by atoms with van der Waals surface area (Å²) in [6.07, 6.45) is 0. The Morgan fingerprint density at radius 3 is 2.89 bits per heavy atom. The third-order valence-corrected chi connectivity index (χ3v) is 4.85. The van der Waals surface area contributed by atoms with Gasteiger partial charge in [-0.3, -0.25) is 4.79 Å². The maximum Gasteiger partial charge on any atom is 0.250 e. The van der Waals surface area contributed by atoms with Gasteiger partial charge in [-0.1, -0.05) is 11.6 Å². The zero-order valence-corrected chi connectivity index (χ0v) is 13.1. The SMILES string of the molecule is CN1CCN2c3nc(Cl)c(Br)cc3N(C)C(=O)[C@@H]2C1. The average molecular weight is 346 g/mol. The summed E-state index contributed by atoms with van der Waals surface area (Å²) >= 11 is 9.45. The summed E-state index contributed by atoms with van der Waals surface area (Å²) in [4.78, 5) is 22.8. The molecule has 1 fully saturated rings. The van der Waals surface area contributed by atoms with Crippen molar-refractivity contribution in [3.8, 4) is 0 Å². The number of halogens is 2. The van der Waals surface area contributed by atoms with Gasteiger partial charge in [-0.15, -0.1) is 0 Å². The molecule has 19 heavy (non-hydrogen) atoms. The first kappa shape index (κ1) is 13.1. The normalized spacial score (nSPS) is 23.4. The van der Waals surface area contributed by atoms with Crippen LogP contribution in [0.2, 0.25) is 5.15 Å². The molecule has 0 aliphatic carbocycles. The molecule has 1 aromatic rings. The van der Waals surface area contributed by atoms with Gasteiger partial charge in [0.15, 0.2) is 5.82 Å². The maximum absolute atomic E-state index is 12.4. The van der Waals surface area contributed by atoms with Gasteiger partial charge in [0.25, 0.3) is 5.91 Å². The third kappa shape index (κ3) is 2.02. The van der Waals surface area contributed by atoms with Crippen molar-refractivity contribution in [1.82, 2.24) is 9.88 Å². The Balaban J connectivity index is 2.12. The summed E-state index contributed by atoms with van der Waals surface area (Å²) in [6, 6.07) is 1.69. The Morgan fingerprint density at radius 2 is 2.16 bits per heavy atom. The van der Waals surface area contributed by atoms with Crippen molar-refractivity contribution in [3.63, 3.8) is 0 Å². The van der Waals surface area contributed by atoms with Gasteiger partial charge in [-0.05, 0) is 29.0 Å². The molecule has 1 amide bonds. The molecule has 5 nitrogen and oxygen atoms in total. The summed E-state index contributed by atoms with van der Waals surface area (Å²) in [5.41, 5.74) is 0.807. The highest BCUT2D eigenvalue weighted by molar-refractivity contribution is 9.10. The number of anilines is 2. The summed E-state index contributed by atoms with van der Waals surface area (Å²) in [7, 11) is 3.82. The number of carbonyl (C=O) groups excluding carboxylic acids is 1. The molecular weight excluding hydrogens is 332 g/mol. The lowest BCUT2D eigenvalue weighted by Gasteiger charge is -2.45. The van der Waals surface area contributed by atoms with E-state index in [1.165, 1.54) is 0 Å². The quantitative estimate of drug-likeness (QED) is 0.670. The van der Waals surface area contributed by atoms with Crippen LogP contribution < -0.4 is 9.80 Å². The van der Waals surface area contributed by atoms with Gasteiger partial charge in [0, 0.05) is 26.7 Å². The topological polar surface area (TPSA) is 39.7 Å². The molecule has 0 unspecified atom stereocenters. The molecular formula is C12H14BrClN4O. The van der Waals surface area contributed by atoms with E-state index in [-0.39, 0.29) is 11.9 Å². The highest BCUT2D eigenvalue weighted by Gasteiger charge is 2.40. The maximum atomic E-state index is 12.4. The highest BCUT2D eigenvalue weighted by atomic mass is 79.9. The lowest BCUT2D eigenvalue weighted by atomic mass is 10.1. The molecule has 7 heteroatoms. The van der Waals surface area contributed by atoms with Crippen molar-refractivity contribution in [3.05, 3.63) is 15.7 Å². The zero-order valence-electron chi connectivity index (χ0n) is 10.7. The van der Waals surface area contributed by atoms with Crippen LogP contribution in [0, 0.1) is 0 Å². The molecule has 0 radical (unpaired) electrons. The van der Waals surface area contributed by atoms with Crippen molar-refractivity contribution in [2.45, 2.75) is 6.04 Å². The summed E-state index contributed by atoms with van der Waals surface area (Å²) in [6.45, 7) is 2.43. The van der Waals surface area contributed by atoms with E-state index in [1.807, 2.05) is 13.1 Å². The van der Waals surface area contributed by atoms with Gasteiger partial charge >= 0.3 is 0 Å². The van der Waals surface area contributed by atoms with E-state index >= 15 is 0 Å². The van der Waals surface area contributed by atoms with E-state index in [2.05, 4.69) is 30.7 Å². The van der Waals surface area contributed by atoms with Gasteiger partial charge in [0.2, 0.25) is 0 Å². The molecule has 2 aliphatic heterocycles. The average Bonchev–Trinajstić information content (AvgIpc) is 2.38. The van der Waals surface area contributed by atoms with Crippen molar-refractivity contribution in [2.75, 3.05) is 43.5 Å². The third-order valence-electron chi connectivity index (χ3n) is 3.73. The number of rotatable bonds is 0. The van der Waals surface area contributed by atoms with Gasteiger partial charge in [0.1, 0.15) is 11.2 Å². The second kappa shape index (κ2) is 4.61. The first-order valence-corrected chi connectivity index (χ1v) is 7.25. The molecule has 102 valence electrons. The van der Waals surface area contributed by atoms with E-state index in [9.17, 15) is 4.79 Å². The Hall–Kier alpha value is -0.850. The molecule has 0 aromatic carbocycles. The van der Waals surface area contributed by atoms with Crippen molar-refractivity contribution >= 4 is 44.9 Å². The fraction of sp³-hybridized carbons (Fsp3) is 0.500. The van der Waals surface area contributed by atoms with Crippen LogP contribution in [0.25, 0.3) is 0 Å². The minimum Gasteiger partial charge on any atom is -0.340 e. The van der Waals surface area contributed by atoms with Crippen LogP contribution in [-0.2, 0) is 4.79 Å². The predicted octanol–water partition coefficient (Wildman–Crippen LogP) is 1.59. The second-order valence-corrected chi connectivity index (χ2v) is 6.18. The smallest absolute Gasteiger partial charge is 0.250 e. The van der Waals surface area contributed by atoms with Crippen LogP contribution >= 0.6 is 27.5 Å². The monoisotopic (exact) mass is 344 g/mol. The molecule has 0 saturated carbocycles. The molecule has 0 spiro atoms. The van der Waals surface area contributed by atoms with Crippen LogP contribution in [0.5, 0.6) is 0 Å². The van der Waals surface area contributed by atoms with Gasteiger partial charge in [-0.2, -0.15) is 0 Å². The van der Waals surface area contributed by atoms with E-state index < -0.39 is 0 Å².